The lowest BCUT2D eigenvalue weighted by Gasteiger charge is -2.05. The minimum absolute atomic E-state index is 0.00178. The number of anilines is 1. The number of nitrogens with two attached hydrogens (primary N) is 1. The number of rotatable bonds is 7. The van der Waals surface area contributed by atoms with Crippen LogP contribution in [0.2, 0.25) is 0 Å². The Morgan fingerprint density at radius 2 is 2.24 bits per heavy atom. The molecule has 1 heterocycles. The number of aliphatic imine (C=N–C) groups is 2. The Hall–Kier alpha value is -2.53. The first-order chi connectivity index (χ1) is 12.0. The molecule has 0 fully saturated rings. The van der Waals surface area contributed by atoms with Gasteiger partial charge in [0.2, 0.25) is 5.82 Å². The van der Waals surface area contributed by atoms with Crippen molar-refractivity contribution in [2.24, 2.45) is 15.7 Å². The highest BCUT2D eigenvalue weighted by atomic mass is 79.9. The number of halogens is 2. The standard InChI is InChI=1S/C14H17BrFN7O2/c1-8(17)18-5-2-6-19-13-12(22-25-23-13)14(21-24)20-9-3-4-11(16)10(15)7-9/h3-4,7,24H,2,5-6H2,1H3,(H2,17,18)(H,19,23)(H,20,21). The predicted octanol–water partition coefficient (Wildman–Crippen LogP) is 2.21. The summed E-state index contributed by atoms with van der Waals surface area (Å²) in [4.78, 5) is 8.24. The Labute approximate surface area is 151 Å². The number of hydrogen-bond acceptors (Lipinski definition) is 7. The second-order valence-electron chi connectivity index (χ2n) is 4.94. The minimum atomic E-state index is -0.418. The first-order valence-corrected chi connectivity index (χ1v) is 8.07. The van der Waals surface area contributed by atoms with Crippen LogP contribution in [0.15, 0.2) is 37.3 Å². The molecule has 0 radical (unpaired) electrons. The van der Waals surface area contributed by atoms with Crippen LogP contribution in [0.25, 0.3) is 0 Å². The topological polar surface area (TPSA) is 134 Å². The van der Waals surface area contributed by atoms with Crippen molar-refractivity contribution in [2.75, 3.05) is 18.4 Å². The molecule has 0 saturated carbocycles. The summed E-state index contributed by atoms with van der Waals surface area (Å²) < 4.78 is 18.2. The molecule has 0 unspecified atom stereocenters. The number of nitrogens with zero attached hydrogens (tertiary/aromatic N) is 4. The van der Waals surface area contributed by atoms with Crippen molar-refractivity contribution < 1.29 is 14.2 Å². The Morgan fingerprint density at radius 1 is 1.44 bits per heavy atom. The van der Waals surface area contributed by atoms with Gasteiger partial charge >= 0.3 is 0 Å². The van der Waals surface area contributed by atoms with Gasteiger partial charge in [0.25, 0.3) is 0 Å². The van der Waals surface area contributed by atoms with E-state index in [0.29, 0.717) is 36.9 Å². The molecule has 11 heteroatoms. The van der Waals surface area contributed by atoms with E-state index in [0.717, 1.165) is 0 Å². The van der Waals surface area contributed by atoms with Crippen LogP contribution in [0.1, 0.15) is 19.0 Å². The van der Waals surface area contributed by atoms with E-state index in [-0.39, 0.29) is 16.0 Å². The van der Waals surface area contributed by atoms with Crippen molar-refractivity contribution in [3.05, 3.63) is 34.2 Å². The molecular weight excluding hydrogens is 397 g/mol. The fourth-order valence-corrected chi connectivity index (χ4v) is 2.18. The molecule has 0 saturated heterocycles. The quantitative estimate of drug-likeness (QED) is 0.236. The number of aromatic nitrogens is 2. The van der Waals surface area contributed by atoms with E-state index in [9.17, 15) is 9.60 Å². The molecule has 2 aromatic rings. The smallest absolute Gasteiger partial charge is 0.202 e. The first kappa shape index (κ1) is 18.8. The highest BCUT2D eigenvalue weighted by molar-refractivity contribution is 9.10. The van der Waals surface area contributed by atoms with Crippen molar-refractivity contribution in [3.8, 4) is 0 Å². The van der Waals surface area contributed by atoms with Crippen LogP contribution < -0.4 is 16.5 Å². The monoisotopic (exact) mass is 413 g/mol. The van der Waals surface area contributed by atoms with Crippen molar-refractivity contribution in [1.82, 2.24) is 15.8 Å². The van der Waals surface area contributed by atoms with Gasteiger partial charge in [-0.1, -0.05) is 0 Å². The largest absolute Gasteiger partial charge is 0.388 e. The van der Waals surface area contributed by atoms with Gasteiger partial charge in [-0.3, -0.25) is 15.7 Å². The molecule has 1 aromatic carbocycles. The normalized spacial score (nSPS) is 12.3. The van der Waals surface area contributed by atoms with Crippen LogP contribution >= 0.6 is 15.9 Å². The SMILES string of the molecule is CC(N)=NCCCNc1nonc1C(=Nc1ccc(F)c(Br)c1)NO. The summed E-state index contributed by atoms with van der Waals surface area (Å²) in [5.41, 5.74) is 7.98. The molecule has 0 bridgehead atoms. The van der Waals surface area contributed by atoms with E-state index in [4.69, 9.17) is 10.4 Å². The van der Waals surface area contributed by atoms with Gasteiger partial charge in [0.15, 0.2) is 11.5 Å². The van der Waals surface area contributed by atoms with Gasteiger partial charge in [-0.15, -0.1) is 0 Å². The zero-order valence-corrected chi connectivity index (χ0v) is 14.9. The van der Waals surface area contributed by atoms with E-state index in [2.05, 4.69) is 41.5 Å². The van der Waals surface area contributed by atoms with E-state index in [1.54, 1.807) is 6.92 Å². The maximum absolute atomic E-state index is 13.3. The van der Waals surface area contributed by atoms with Gasteiger partial charge in [-0.25, -0.2) is 14.0 Å². The maximum Gasteiger partial charge on any atom is 0.202 e. The van der Waals surface area contributed by atoms with Crippen LogP contribution in [0.4, 0.5) is 15.9 Å². The molecule has 0 spiro atoms. The van der Waals surface area contributed by atoms with Gasteiger partial charge < -0.3 is 11.1 Å². The molecule has 25 heavy (non-hydrogen) atoms. The second-order valence-corrected chi connectivity index (χ2v) is 5.79. The van der Waals surface area contributed by atoms with Gasteiger partial charge in [-0.2, -0.15) is 0 Å². The van der Waals surface area contributed by atoms with Crippen molar-refractivity contribution in [1.29, 1.82) is 0 Å². The van der Waals surface area contributed by atoms with Crippen molar-refractivity contribution >= 4 is 39.1 Å². The van der Waals surface area contributed by atoms with E-state index in [1.165, 1.54) is 18.2 Å². The van der Waals surface area contributed by atoms with E-state index < -0.39 is 5.82 Å². The summed E-state index contributed by atoms with van der Waals surface area (Å²) in [6.45, 7) is 2.83. The lowest BCUT2D eigenvalue weighted by molar-refractivity contribution is 0.234. The molecule has 9 nitrogen and oxygen atoms in total. The summed E-state index contributed by atoms with van der Waals surface area (Å²) in [5.74, 6) is 0.402. The van der Waals surface area contributed by atoms with Gasteiger partial charge in [0.1, 0.15) is 5.82 Å². The Morgan fingerprint density at radius 3 is 2.92 bits per heavy atom. The number of amidine groups is 2. The second kappa shape index (κ2) is 9.08. The molecule has 2 rings (SSSR count). The maximum atomic E-state index is 13.3. The summed E-state index contributed by atoms with van der Waals surface area (Å²) in [6.07, 6.45) is 0.713. The fraction of sp³-hybridized carbons (Fsp3) is 0.286. The van der Waals surface area contributed by atoms with E-state index in [1.807, 2.05) is 5.48 Å². The van der Waals surface area contributed by atoms with Crippen LogP contribution in [0.3, 0.4) is 0 Å². The Bertz CT molecular complexity index is 774. The van der Waals surface area contributed by atoms with Gasteiger partial charge in [-0.05, 0) is 57.8 Å². The molecule has 0 aliphatic heterocycles. The van der Waals surface area contributed by atoms with Crippen molar-refractivity contribution in [3.63, 3.8) is 0 Å². The highest BCUT2D eigenvalue weighted by Crippen LogP contribution is 2.23. The number of hydrogen-bond donors (Lipinski definition) is 4. The minimum Gasteiger partial charge on any atom is -0.388 e. The predicted molar refractivity (Wildman–Crippen MR) is 94.8 cm³/mol. The zero-order chi connectivity index (χ0) is 18.2. The zero-order valence-electron chi connectivity index (χ0n) is 13.3. The average Bonchev–Trinajstić information content (AvgIpc) is 3.03. The first-order valence-electron chi connectivity index (χ1n) is 7.28. The summed E-state index contributed by atoms with van der Waals surface area (Å²) in [5, 5.41) is 19.8. The lowest BCUT2D eigenvalue weighted by atomic mass is 10.3. The van der Waals surface area contributed by atoms with Crippen molar-refractivity contribution in [2.45, 2.75) is 13.3 Å². The van der Waals surface area contributed by atoms with Gasteiger partial charge in [0.05, 0.1) is 16.0 Å². The fourth-order valence-electron chi connectivity index (χ4n) is 1.82. The third kappa shape index (κ3) is 5.50. The highest BCUT2D eigenvalue weighted by Gasteiger charge is 2.16. The molecule has 0 aliphatic carbocycles. The van der Waals surface area contributed by atoms with E-state index >= 15 is 0 Å². The van der Waals surface area contributed by atoms with Crippen LogP contribution in [-0.2, 0) is 0 Å². The summed E-state index contributed by atoms with van der Waals surface area (Å²) in [6, 6.07) is 4.16. The molecule has 0 atom stereocenters. The molecule has 134 valence electrons. The summed E-state index contributed by atoms with van der Waals surface area (Å²) in [7, 11) is 0. The molecule has 5 N–H and O–H groups in total. The molecular formula is C14H17BrFN7O2. The number of nitrogens with one attached hydrogen (secondary N) is 2. The molecule has 1 aromatic heterocycles. The van der Waals surface area contributed by atoms with Crippen LogP contribution in [-0.4, -0.2) is 40.3 Å². The number of benzene rings is 1. The third-order valence-electron chi connectivity index (χ3n) is 2.95. The Kier molecular flexibility index (Phi) is 6.83. The lowest BCUT2D eigenvalue weighted by Crippen LogP contribution is -2.22. The van der Waals surface area contributed by atoms with Gasteiger partial charge in [0, 0.05) is 13.1 Å². The van der Waals surface area contributed by atoms with Crippen LogP contribution in [0.5, 0.6) is 0 Å². The summed E-state index contributed by atoms with van der Waals surface area (Å²) >= 11 is 3.07. The third-order valence-corrected chi connectivity index (χ3v) is 3.56. The molecule has 0 aliphatic rings. The molecule has 0 amide bonds. The average molecular weight is 414 g/mol. The number of hydroxylamine groups is 1. The Balaban J connectivity index is 2.10. The van der Waals surface area contributed by atoms with Crippen LogP contribution in [0, 0.1) is 5.82 Å².